The molecule has 0 aromatic heterocycles. The van der Waals surface area contributed by atoms with Crippen LogP contribution in [0, 0.1) is 12.7 Å². The lowest BCUT2D eigenvalue weighted by atomic mass is 10.0. The van der Waals surface area contributed by atoms with Gasteiger partial charge >= 0.3 is 0 Å². The van der Waals surface area contributed by atoms with Crippen LogP contribution >= 0.6 is 0 Å². The number of nitrogens with zero attached hydrogens (tertiary/aromatic N) is 2. The van der Waals surface area contributed by atoms with Gasteiger partial charge in [0.05, 0.1) is 24.8 Å². The number of methoxy groups -OCH3 is 2. The Morgan fingerprint density at radius 1 is 0.870 bits per heavy atom. The number of anilines is 1. The van der Waals surface area contributed by atoms with Crippen LogP contribution in [-0.4, -0.2) is 58.5 Å². The Bertz CT molecular complexity index is 1750. The average molecular weight is 648 g/mol. The van der Waals surface area contributed by atoms with Crippen molar-refractivity contribution in [3.05, 3.63) is 120 Å². The molecule has 46 heavy (non-hydrogen) atoms. The SMILES string of the molecule is CCNC(=O)C(Cc1ccccc1)N(Cc1ccccc1F)C(=O)CN(c1ccc(C)cc1)S(=O)(=O)c1ccc(OC)c(OC)c1. The van der Waals surface area contributed by atoms with Crippen molar-refractivity contribution < 1.29 is 31.9 Å². The smallest absolute Gasteiger partial charge is 0.264 e. The molecule has 0 heterocycles. The summed E-state index contributed by atoms with van der Waals surface area (Å²) in [6, 6.07) is 24.9. The minimum absolute atomic E-state index is 0.125. The van der Waals surface area contributed by atoms with Gasteiger partial charge in [-0.05, 0) is 49.7 Å². The Hall–Kier alpha value is -4.90. The van der Waals surface area contributed by atoms with Gasteiger partial charge in [-0.15, -0.1) is 0 Å². The Balaban J connectivity index is 1.82. The van der Waals surface area contributed by atoms with E-state index in [1.165, 1.54) is 55.5 Å². The second-order valence-corrected chi connectivity index (χ2v) is 12.4. The Labute approximate surface area is 269 Å². The molecule has 0 saturated carbocycles. The van der Waals surface area contributed by atoms with Crippen LogP contribution in [0.25, 0.3) is 0 Å². The van der Waals surface area contributed by atoms with E-state index in [1.54, 1.807) is 37.3 Å². The van der Waals surface area contributed by atoms with Crippen LogP contribution < -0.4 is 19.1 Å². The van der Waals surface area contributed by atoms with E-state index in [1.807, 2.05) is 37.3 Å². The standard InChI is InChI=1S/C35H38FN3O6S/c1-5-37-35(41)31(21-26-11-7-6-8-12-26)38(23-27-13-9-10-14-30(27)36)34(40)24-39(28-17-15-25(2)16-18-28)46(42,43)29-19-20-32(44-3)33(22-29)45-4/h6-20,22,31H,5,21,23-24H2,1-4H3,(H,37,41). The molecule has 4 rings (SSSR count). The molecule has 0 aliphatic heterocycles. The first-order valence-electron chi connectivity index (χ1n) is 14.7. The molecule has 0 saturated heterocycles. The van der Waals surface area contributed by atoms with E-state index in [-0.39, 0.29) is 34.9 Å². The first-order chi connectivity index (χ1) is 22.1. The zero-order valence-corrected chi connectivity index (χ0v) is 27.1. The topological polar surface area (TPSA) is 105 Å². The Kier molecular flexibility index (Phi) is 11.4. The first kappa shape index (κ1) is 34.0. The third-order valence-electron chi connectivity index (χ3n) is 7.46. The number of sulfonamides is 1. The number of carbonyl (C=O) groups excluding carboxylic acids is 2. The second kappa shape index (κ2) is 15.4. The van der Waals surface area contributed by atoms with Crippen molar-refractivity contribution in [2.24, 2.45) is 0 Å². The van der Waals surface area contributed by atoms with Gasteiger partial charge in [0.15, 0.2) is 11.5 Å². The van der Waals surface area contributed by atoms with E-state index in [2.05, 4.69) is 5.32 Å². The van der Waals surface area contributed by atoms with Crippen molar-refractivity contribution in [2.45, 2.75) is 37.8 Å². The van der Waals surface area contributed by atoms with E-state index < -0.39 is 40.2 Å². The van der Waals surface area contributed by atoms with Gasteiger partial charge in [0.25, 0.3) is 10.0 Å². The van der Waals surface area contributed by atoms with Crippen LogP contribution in [0.2, 0.25) is 0 Å². The minimum Gasteiger partial charge on any atom is -0.493 e. The van der Waals surface area contributed by atoms with Crippen molar-refractivity contribution in [2.75, 3.05) is 31.6 Å². The van der Waals surface area contributed by atoms with E-state index in [0.717, 1.165) is 15.4 Å². The van der Waals surface area contributed by atoms with Crippen LogP contribution in [0.15, 0.2) is 102 Å². The van der Waals surface area contributed by atoms with Crippen molar-refractivity contribution in [3.63, 3.8) is 0 Å². The number of ether oxygens (including phenoxy) is 2. The third kappa shape index (κ3) is 8.02. The van der Waals surface area contributed by atoms with Crippen molar-refractivity contribution >= 4 is 27.5 Å². The lowest BCUT2D eigenvalue weighted by molar-refractivity contribution is -0.140. The number of hydrogen-bond acceptors (Lipinski definition) is 6. The molecular formula is C35H38FN3O6S. The highest BCUT2D eigenvalue weighted by Crippen LogP contribution is 2.32. The predicted octanol–water partition coefficient (Wildman–Crippen LogP) is 5.12. The van der Waals surface area contributed by atoms with E-state index >= 15 is 0 Å². The number of rotatable bonds is 14. The summed E-state index contributed by atoms with van der Waals surface area (Å²) in [6.07, 6.45) is 0.125. The van der Waals surface area contributed by atoms with Crippen LogP contribution in [0.1, 0.15) is 23.6 Å². The number of nitrogens with one attached hydrogen (secondary N) is 1. The fourth-order valence-electron chi connectivity index (χ4n) is 5.00. The molecule has 0 fully saturated rings. The quantitative estimate of drug-likeness (QED) is 0.204. The summed E-state index contributed by atoms with van der Waals surface area (Å²) in [5.41, 5.74) is 2.08. The maximum Gasteiger partial charge on any atom is 0.264 e. The molecular weight excluding hydrogens is 609 g/mol. The minimum atomic E-state index is -4.37. The summed E-state index contributed by atoms with van der Waals surface area (Å²) in [5, 5.41) is 2.79. The molecule has 0 bridgehead atoms. The largest absolute Gasteiger partial charge is 0.493 e. The van der Waals surface area contributed by atoms with Gasteiger partial charge < -0.3 is 19.7 Å². The molecule has 1 N–H and O–H groups in total. The van der Waals surface area contributed by atoms with Crippen LogP contribution in [0.5, 0.6) is 11.5 Å². The van der Waals surface area contributed by atoms with E-state index in [4.69, 9.17) is 9.47 Å². The van der Waals surface area contributed by atoms with Crippen LogP contribution in [0.4, 0.5) is 10.1 Å². The van der Waals surface area contributed by atoms with Gasteiger partial charge in [-0.2, -0.15) is 0 Å². The number of amides is 2. The van der Waals surface area contributed by atoms with E-state index in [9.17, 15) is 22.4 Å². The molecule has 4 aromatic rings. The fraction of sp³-hybridized carbons (Fsp3) is 0.257. The molecule has 0 aliphatic rings. The molecule has 0 radical (unpaired) electrons. The lowest BCUT2D eigenvalue weighted by Gasteiger charge is -2.34. The number of aryl methyl sites for hydroxylation is 1. The van der Waals surface area contributed by atoms with Gasteiger partial charge in [-0.1, -0.05) is 66.2 Å². The summed E-state index contributed by atoms with van der Waals surface area (Å²) in [5.74, 6) is -1.16. The molecule has 11 heteroatoms. The molecule has 4 aromatic carbocycles. The summed E-state index contributed by atoms with van der Waals surface area (Å²) in [7, 11) is -1.54. The van der Waals surface area contributed by atoms with Gasteiger partial charge in [-0.25, -0.2) is 12.8 Å². The highest BCUT2D eigenvalue weighted by atomic mass is 32.2. The van der Waals surface area contributed by atoms with Crippen molar-refractivity contribution in [1.29, 1.82) is 0 Å². The number of benzene rings is 4. The maximum absolute atomic E-state index is 15.0. The number of likely N-dealkylation sites (N-methyl/N-ethyl adjacent to an activating group) is 1. The summed E-state index contributed by atoms with van der Waals surface area (Å²) in [4.78, 5) is 29.1. The van der Waals surface area contributed by atoms with Crippen molar-refractivity contribution in [3.8, 4) is 11.5 Å². The van der Waals surface area contributed by atoms with Crippen LogP contribution in [-0.2, 0) is 32.6 Å². The van der Waals surface area contributed by atoms with Gasteiger partial charge in [0, 0.05) is 31.1 Å². The third-order valence-corrected chi connectivity index (χ3v) is 9.23. The van der Waals surface area contributed by atoms with Crippen molar-refractivity contribution in [1.82, 2.24) is 10.2 Å². The number of halogens is 1. The first-order valence-corrected chi connectivity index (χ1v) is 16.2. The zero-order valence-electron chi connectivity index (χ0n) is 26.3. The summed E-state index contributed by atoms with van der Waals surface area (Å²) < 4.78 is 55.2. The van der Waals surface area contributed by atoms with Gasteiger partial charge in [-0.3, -0.25) is 13.9 Å². The number of hydrogen-bond donors (Lipinski definition) is 1. The molecule has 1 unspecified atom stereocenters. The number of carbonyl (C=O) groups is 2. The normalized spacial score (nSPS) is 11.8. The fourth-order valence-corrected chi connectivity index (χ4v) is 6.43. The summed E-state index contributed by atoms with van der Waals surface area (Å²) in [6.45, 7) is 2.99. The average Bonchev–Trinajstić information content (AvgIpc) is 3.06. The molecule has 0 spiro atoms. The molecule has 2 amide bonds. The second-order valence-electron chi connectivity index (χ2n) is 10.6. The lowest BCUT2D eigenvalue weighted by Crippen LogP contribution is -2.53. The van der Waals surface area contributed by atoms with Gasteiger partial charge in [0.1, 0.15) is 18.4 Å². The molecule has 0 aliphatic carbocycles. The van der Waals surface area contributed by atoms with Crippen LogP contribution in [0.3, 0.4) is 0 Å². The monoisotopic (exact) mass is 647 g/mol. The van der Waals surface area contributed by atoms with Gasteiger partial charge in [0.2, 0.25) is 11.8 Å². The Morgan fingerprint density at radius 3 is 2.15 bits per heavy atom. The molecule has 1 atom stereocenters. The highest BCUT2D eigenvalue weighted by molar-refractivity contribution is 7.92. The summed E-state index contributed by atoms with van der Waals surface area (Å²) >= 11 is 0. The van der Waals surface area contributed by atoms with E-state index in [0.29, 0.717) is 12.3 Å². The predicted molar refractivity (Wildman–Crippen MR) is 175 cm³/mol. The molecule has 9 nitrogen and oxygen atoms in total. The zero-order chi connectivity index (χ0) is 33.3. The molecule has 242 valence electrons. The highest BCUT2D eigenvalue weighted by Gasteiger charge is 2.35. The Morgan fingerprint density at radius 2 is 1.52 bits per heavy atom. The maximum atomic E-state index is 15.0.